The van der Waals surface area contributed by atoms with Crippen LogP contribution in [0.15, 0.2) is 35.2 Å². The molecule has 0 atom stereocenters. The van der Waals surface area contributed by atoms with Gasteiger partial charge in [-0.2, -0.15) is 13.2 Å². The molecular formula is C7H8N2O3S. The number of rotatable bonds is 1. The van der Waals surface area contributed by atoms with E-state index in [0.29, 0.717) is 0 Å². The fraction of sp³-hybridized carbons (Fsp3) is 0. The van der Waals surface area contributed by atoms with E-state index in [4.69, 9.17) is 10.1 Å². The van der Waals surface area contributed by atoms with Crippen molar-refractivity contribution in [2.45, 2.75) is 4.90 Å². The molecule has 0 aromatic heterocycles. The van der Waals surface area contributed by atoms with Crippen molar-refractivity contribution >= 4 is 16.8 Å². The standard InChI is InChI=1S/C6H6O3S.CH2N2/c7-10(8,9)6-4-2-1-3-5-6;1-3-2/h1-5H,(H,7,8,9);1H2. The van der Waals surface area contributed by atoms with Crippen molar-refractivity contribution < 1.29 is 17.8 Å². The summed E-state index contributed by atoms with van der Waals surface area (Å²) >= 11 is 0. The summed E-state index contributed by atoms with van der Waals surface area (Å²) in [6.07, 6.45) is 0. The lowest BCUT2D eigenvalue weighted by atomic mass is 10.4. The molecule has 0 aliphatic carbocycles. The highest BCUT2D eigenvalue weighted by molar-refractivity contribution is 7.85. The molecule has 0 fully saturated rings. The smallest absolute Gasteiger partial charge is 0.294 e. The van der Waals surface area contributed by atoms with Crippen molar-refractivity contribution in [3.8, 4) is 0 Å². The molecule has 1 rings (SSSR count). The van der Waals surface area contributed by atoms with Crippen LogP contribution in [-0.4, -0.2) is 24.5 Å². The van der Waals surface area contributed by atoms with Gasteiger partial charge in [0.1, 0.15) is 0 Å². The first-order chi connectivity index (χ1) is 6.02. The Bertz CT molecular complexity index is 379. The van der Waals surface area contributed by atoms with Crippen LogP contribution in [0.25, 0.3) is 5.53 Å². The maximum atomic E-state index is 10.4. The molecule has 0 saturated heterocycles. The van der Waals surface area contributed by atoms with E-state index in [2.05, 4.69) is 11.5 Å². The van der Waals surface area contributed by atoms with Crippen LogP contribution < -0.4 is 0 Å². The van der Waals surface area contributed by atoms with Gasteiger partial charge >= 0.3 is 0 Å². The van der Waals surface area contributed by atoms with Crippen molar-refractivity contribution in [1.29, 1.82) is 0 Å². The summed E-state index contributed by atoms with van der Waals surface area (Å²) in [5.41, 5.74) is 7.08. The van der Waals surface area contributed by atoms with E-state index >= 15 is 0 Å². The van der Waals surface area contributed by atoms with E-state index in [9.17, 15) is 8.42 Å². The first-order valence-corrected chi connectivity index (χ1v) is 4.59. The van der Waals surface area contributed by atoms with E-state index < -0.39 is 10.1 Å². The molecule has 0 unspecified atom stereocenters. The molecule has 0 saturated carbocycles. The molecule has 0 amide bonds. The van der Waals surface area contributed by atoms with Crippen LogP contribution in [0.1, 0.15) is 0 Å². The molecule has 5 nitrogen and oxygen atoms in total. The van der Waals surface area contributed by atoms with E-state index in [1.165, 1.54) is 12.1 Å². The normalized spacial score (nSPS) is 9.31. The Morgan fingerprint density at radius 2 is 1.69 bits per heavy atom. The fourth-order valence-corrected chi connectivity index (χ4v) is 1.09. The Balaban J connectivity index is 0.000000424. The Morgan fingerprint density at radius 3 is 1.92 bits per heavy atom. The number of hydrogen-bond donors (Lipinski definition) is 1. The summed E-state index contributed by atoms with van der Waals surface area (Å²) in [6, 6.07) is 7.42. The van der Waals surface area contributed by atoms with Crippen molar-refractivity contribution in [2.24, 2.45) is 0 Å². The zero-order chi connectivity index (χ0) is 10.3. The maximum Gasteiger partial charge on any atom is 0.294 e. The molecule has 0 heterocycles. The largest absolute Gasteiger partial charge is 0.362 e. The molecule has 1 aromatic rings. The molecule has 0 radical (unpaired) electrons. The van der Waals surface area contributed by atoms with Gasteiger partial charge in [-0.1, -0.05) is 18.2 Å². The number of benzene rings is 1. The number of nitrogens with zero attached hydrogens (tertiary/aromatic N) is 2. The molecule has 0 aliphatic rings. The maximum absolute atomic E-state index is 10.4. The average Bonchev–Trinajstić information content (AvgIpc) is 2.06. The molecule has 1 aromatic carbocycles. The summed E-state index contributed by atoms with van der Waals surface area (Å²) in [5, 5.41) is 0. The third kappa shape index (κ3) is 4.86. The van der Waals surface area contributed by atoms with Gasteiger partial charge in [0.05, 0.1) is 4.90 Å². The van der Waals surface area contributed by atoms with Crippen LogP contribution in [0, 0.1) is 0 Å². The van der Waals surface area contributed by atoms with Gasteiger partial charge in [0.2, 0.25) is 6.72 Å². The zero-order valence-corrected chi connectivity index (χ0v) is 7.48. The first-order valence-electron chi connectivity index (χ1n) is 3.15. The zero-order valence-electron chi connectivity index (χ0n) is 6.66. The van der Waals surface area contributed by atoms with E-state index in [0.717, 1.165) is 0 Å². The van der Waals surface area contributed by atoms with Gasteiger partial charge in [-0.25, -0.2) is 0 Å². The van der Waals surface area contributed by atoms with Crippen LogP contribution in [0.3, 0.4) is 0 Å². The molecule has 13 heavy (non-hydrogen) atoms. The second kappa shape index (κ2) is 5.21. The predicted molar refractivity (Wildman–Crippen MR) is 47.0 cm³/mol. The van der Waals surface area contributed by atoms with Gasteiger partial charge in [0.25, 0.3) is 10.1 Å². The van der Waals surface area contributed by atoms with Gasteiger partial charge < -0.3 is 5.53 Å². The Labute approximate surface area is 76.0 Å². The van der Waals surface area contributed by atoms with Gasteiger partial charge in [-0.05, 0) is 12.1 Å². The monoisotopic (exact) mass is 200 g/mol. The van der Waals surface area contributed by atoms with Crippen LogP contribution >= 0.6 is 0 Å². The van der Waals surface area contributed by atoms with E-state index in [-0.39, 0.29) is 4.90 Å². The first kappa shape index (κ1) is 11.5. The minimum Gasteiger partial charge on any atom is -0.362 e. The summed E-state index contributed by atoms with van der Waals surface area (Å²) in [7, 11) is -4.00. The van der Waals surface area contributed by atoms with Crippen molar-refractivity contribution in [2.75, 3.05) is 0 Å². The highest BCUT2D eigenvalue weighted by Gasteiger charge is 2.05. The van der Waals surface area contributed by atoms with Crippen molar-refractivity contribution in [1.82, 2.24) is 0 Å². The van der Waals surface area contributed by atoms with Crippen molar-refractivity contribution in [3.63, 3.8) is 0 Å². The second-order valence-electron chi connectivity index (χ2n) is 1.93. The lowest BCUT2D eigenvalue weighted by Gasteiger charge is -1.92. The molecule has 6 heteroatoms. The summed E-state index contributed by atoms with van der Waals surface area (Å²) in [4.78, 5) is 2.18. The highest BCUT2D eigenvalue weighted by atomic mass is 32.2. The van der Waals surface area contributed by atoms with Crippen LogP contribution in [0.2, 0.25) is 0 Å². The Morgan fingerprint density at radius 1 is 1.31 bits per heavy atom. The Kier molecular flexibility index (Phi) is 4.61. The highest BCUT2D eigenvalue weighted by Crippen LogP contribution is 2.05. The topological polar surface area (TPSA) is 90.8 Å². The molecular weight excluding hydrogens is 192 g/mol. The quantitative estimate of drug-likeness (QED) is 0.315. The molecule has 70 valence electrons. The Hall–Kier alpha value is -1.49. The summed E-state index contributed by atoms with van der Waals surface area (Å²) in [6.45, 7) is 2.67. The van der Waals surface area contributed by atoms with Crippen molar-refractivity contribution in [3.05, 3.63) is 35.9 Å². The van der Waals surface area contributed by atoms with E-state index in [1.54, 1.807) is 18.2 Å². The minimum atomic E-state index is -4.00. The minimum absolute atomic E-state index is 0.0741. The lowest BCUT2D eigenvalue weighted by molar-refractivity contribution is 0.0110. The predicted octanol–water partition coefficient (Wildman–Crippen LogP) is 0.850. The van der Waals surface area contributed by atoms with Gasteiger partial charge in [-0.3, -0.25) is 4.55 Å². The SMILES string of the molecule is C=[N+]=[N-].O=S(=O)(O)c1ccccc1. The number of hydrogen-bond acceptors (Lipinski definition) is 2. The lowest BCUT2D eigenvalue weighted by Crippen LogP contribution is -1.96. The van der Waals surface area contributed by atoms with Gasteiger partial charge in [-0.15, -0.1) is 0 Å². The summed E-state index contributed by atoms with van der Waals surface area (Å²) in [5.74, 6) is 0. The fourth-order valence-electron chi connectivity index (χ4n) is 0.592. The molecule has 1 N–H and O–H groups in total. The molecule has 0 bridgehead atoms. The second-order valence-corrected chi connectivity index (χ2v) is 3.35. The molecule has 0 spiro atoms. The third-order valence-electron chi connectivity index (χ3n) is 1.04. The summed E-state index contributed by atoms with van der Waals surface area (Å²) < 4.78 is 29.2. The van der Waals surface area contributed by atoms with Gasteiger partial charge in [0.15, 0.2) is 0 Å². The van der Waals surface area contributed by atoms with E-state index in [1.807, 2.05) is 0 Å². The van der Waals surface area contributed by atoms with Gasteiger partial charge in [0, 0.05) is 0 Å². The van der Waals surface area contributed by atoms with Crippen LogP contribution in [0.5, 0.6) is 0 Å². The van der Waals surface area contributed by atoms with Crippen LogP contribution in [0.4, 0.5) is 0 Å². The molecule has 0 aliphatic heterocycles. The third-order valence-corrected chi connectivity index (χ3v) is 1.91. The van der Waals surface area contributed by atoms with Crippen LogP contribution in [-0.2, 0) is 10.1 Å². The average molecular weight is 200 g/mol.